The summed E-state index contributed by atoms with van der Waals surface area (Å²) < 4.78 is 21.0. The van der Waals surface area contributed by atoms with Gasteiger partial charge >= 0.3 is 0 Å². The van der Waals surface area contributed by atoms with Gasteiger partial charge in [-0.1, -0.05) is 17.3 Å². The molecule has 0 aliphatic rings. The van der Waals surface area contributed by atoms with Gasteiger partial charge in [-0.3, -0.25) is 0 Å². The predicted octanol–water partition coefficient (Wildman–Crippen LogP) is 3.28. The zero-order valence-electron chi connectivity index (χ0n) is 13.9. The van der Waals surface area contributed by atoms with Crippen molar-refractivity contribution in [2.24, 2.45) is 7.05 Å². The number of rotatable bonds is 5. The molecule has 7 nitrogen and oxygen atoms in total. The zero-order valence-corrected chi connectivity index (χ0v) is 13.9. The molecule has 4 aromatic rings. The molecule has 1 N–H and O–H groups in total. The summed E-state index contributed by atoms with van der Waals surface area (Å²) in [5.41, 5.74) is 0.950. The third-order valence-electron chi connectivity index (χ3n) is 3.90. The van der Waals surface area contributed by atoms with Crippen LogP contribution in [-0.2, 0) is 13.6 Å². The molecule has 0 amide bonds. The van der Waals surface area contributed by atoms with Crippen molar-refractivity contribution in [2.75, 3.05) is 5.32 Å². The first-order valence-electron chi connectivity index (χ1n) is 7.96. The molecule has 0 aliphatic heterocycles. The van der Waals surface area contributed by atoms with E-state index in [9.17, 15) is 4.39 Å². The van der Waals surface area contributed by atoms with E-state index in [1.54, 1.807) is 30.6 Å². The summed E-state index contributed by atoms with van der Waals surface area (Å²) in [6, 6.07) is 9.91. The van der Waals surface area contributed by atoms with Crippen LogP contribution in [0.15, 0.2) is 59.5 Å². The highest BCUT2D eigenvalue weighted by Crippen LogP contribution is 2.24. The van der Waals surface area contributed by atoms with E-state index < -0.39 is 5.82 Å². The van der Waals surface area contributed by atoms with Gasteiger partial charge in [0.15, 0.2) is 0 Å². The minimum absolute atomic E-state index is 0.204. The number of nitrogens with one attached hydrogen (secondary N) is 1. The highest BCUT2D eigenvalue weighted by molar-refractivity contribution is 5.60. The lowest BCUT2D eigenvalue weighted by atomic mass is 10.2. The van der Waals surface area contributed by atoms with Crippen molar-refractivity contribution in [1.29, 1.82) is 0 Å². The smallest absolute Gasteiger partial charge is 0.259 e. The minimum Gasteiger partial charge on any atom is -0.363 e. The van der Waals surface area contributed by atoms with Crippen LogP contribution in [0.1, 0.15) is 5.82 Å². The van der Waals surface area contributed by atoms with Gasteiger partial charge in [0, 0.05) is 25.6 Å². The number of imidazole rings is 1. The molecule has 0 bridgehead atoms. The molecule has 0 atom stereocenters. The second kappa shape index (κ2) is 6.75. The van der Waals surface area contributed by atoms with Crippen molar-refractivity contribution in [3.8, 4) is 22.8 Å². The fourth-order valence-corrected chi connectivity index (χ4v) is 2.45. The average Bonchev–Trinajstić information content (AvgIpc) is 3.30. The third-order valence-corrected chi connectivity index (χ3v) is 3.90. The van der Waals surface area contributed by atoms with Crippen LogP contribution in [0.3, 0.4) is 0 Å². The van der Waals surface area contributed by atoms with Gasteiger partial charge in [0.1, 0.15) is 17.5 Å². The number of pyridine rings is 1. The Hall–Kier alpha value is -3.55. The molecule has 8 heteroatoms. The number of nitrogens with zero attached hydrogens (tertiary/aromatic N) is 5. The van der Waals surface area contributed by atoms with Gasteiger partial charge in [0.05, 0.1) is 17.7 Å². The molecule has 0 aliphatic carbocycles. The molecule has 0 saturated heterocycles. The number of hydrogen-bond acceptors (Lipinski definition) is 6. The quantitative estimate of drug-likeness (QED) is 0.595. The van der Waals surface area contributed by atoms with Gasteiger partial charge < -0.3 is 14.4 Å². The third kappa shape index (κ3) is 3.16. The highest BCUT2D eigenvalue weighted by atomic mass is 19.1. The Morgan fingerprint density at radius 2 is 2.04 bits per heavy atom. The summed E-state index contributed by atoms with van der Waals surface area (Å²) in [4.78, 5) is 12.8. The molecular weight excluding hydrogens is 335 g/mol. The van der Waals surface area contributed by atoms with Gasteiger partial charge in [-0.15, -0.1) is 0 Å². The first-order chi connectivity index (χ1) is 12.7. The molecule has 0 fully saturated rings. The van der Waals surface area contributed by atoms with Crippen molar-refractivity contribution in [1.82, 2.24) is 24.7 Å². The molecule has 1 aromatic carbocycles. The topological polar surface area (TPSA) is 81.7 Å². The molecule has 0 saturated carbocycles. The Kier molecular flexibility index (Phi) is 4.14. The standard InChI is InChI=1S/C18H15FN6O/c1-25-9-8-20-16(25)11-22-15-7-6-12(10-21-15)18-23-17(24-26-18)13-4-2-3-5-14(13)19/h2-10H,11H2,1H3,(H,21,22). The van der Waals surface area contributed by atoms with Crippen molar-refractivity contribution in [2.45, 2.75) is 6.54 Å². The number of halogens is 1. The van der Waals surface area contributed by atoms with Crippen molar-refractivity contribution >= 4 is 5.82 Å². The second-order valence-corrected chi connectivity index (χ2v) is 5.64. The SMILES string of the molecule is Cn1ccnc1CNc1ccc(-c2nc(-c3ccccc3F)no2)cn1. The molecule has 3 heterocycles. The van der Waals surface area contributed by atoms with E-state index in [0.717, 1.165) is 5.82 Å². The van der Waals surface area contributed by atoms with Gasteiger partial charge in [-0.25, -0.2) is 14.4 Å². The fraction of sp³-hybridized carbons (Fsp3) is 0.111. The molecule has 26 heavy (non-hydrogen) atoms. The number of aromatic nitrogens is 5. The summed E-state index contributed by atoms with van der Waals surface area (Å²) in [5, 5.41) is 7.04. The number of hydrogen-bond donors (Lipinski definition) is 1. The first-order valence-corrected chi connectivity index (χ1v) is 7.96. The van der Waals surface area contributed by atoms with Crippen LogP contribution in [0.4, 0.5) is 10.2 Å². The summed E-state index contributed by atoms with van der Waals surface area (Å²) in [7, 11) is 1.93. The first kappa shape index (κ1) is 15.9. The number of aryl methyl sites for hydroxylation is 1. The Bertz CT molecular complexity index is 1020. The predicted molar refractivity (Wildman–Crippen MR) is 93.5 cm³/mol. The lowest BCUT2D eigenvalue weighted by molar-refractivity contribution is 0.431. The van der Waals surface area contributed by atoms with E-state index in [-0.39, 0.29) is 11.7 Å². The van der Waals surface area contributed by atoms with E-state index in [0.29, 0.717) is 23.5 Å². The zero-order chi connectivity index (χ0) is 17.9. The molecule has 4 rings (SSSR count). The lowest BCUT2D eigenvalue weighted by Crippen LogP contribution is -2.06. The van der Waals surface area contributed by atoms with E-state index in [1.165, 1.54) is 6.07 Å². The maximum Gasteiger partial charge on any atom is 0.259 e. The molecular formula is C18H15FN6O. The molecule has 0 radical (unpaired) electrons. The van der Waals surface area contributed by atoms with Gasteiger partial charge in [0.2, 0.25) is 5.82 Å². The normalized spacial score (nSPS) is 10.8. The van der Waals surface area contributed by atoms with E-state index in [1.807, 2.05) is 29.9 Å². The van der Waals surface area contributed by atoms with E-state index in [4.69, 9.17) is 4.52 Å². The second-order valence-electron chi connectivity index (χ2n) is 5.64. The molecule has 3 aromatic heterocycles. The average molecular weight is 350 g/mol. The highest BCUT2D eigenvalue weighted by Gasteiger charge is 2.14. The van der Waals surface area contributed by atoms with Crippen LogP contribution in [0.25, 0.3) is 22.8 Å². The van der Waals surface area contributed by atoms with Gasteiger partial charge in [-0.05, 0) is 24.3 Å². The van der Waals surface area contributed by atoms with Crippen LogP contribution in [0.5, 0.6) is 0 Å². The van der Waals surface area contributed by atoms with Crippen molar-refractivity contribution in [3.63, 3.8) is 0 Å². The van der Waals surface area contributed by atoms with Crippen LogP contribution in [-0.4, -0.2) is 24.7 Å². The van der Waals surface area contributed by atoms with Crippen molar-refractivity contribution < 1.29 is 8.91 Å². The Labute approximate surface area is 148 Å². The Morgan fingerprint density at radius 3 is 2.77 bits per heavy atom. The monoisotopic (exact) mass is 350 g/mol. The molecule has 0 unspecified atom stereocenters. The van der Waals surface area contributed by atoms with E-state index >= 15 is 0 Å². The lowest BCUT2D eigenvalue weighted by Gasteiger charge is -2.05. The largest absolute Gasteiger partial charge is 0.363 e. The summed E-state index contributed by atoms with van der Waals surface area (Å²) in [6.07, 6.45) is 5.26. The van der Waals surface area contributed by atoms with E-state index in [2.05, 4.69) is 25.4 Å². The Balaban J connectivity index is 1.49. The summed E-state index contributed by atoms with van der Waals surface area (Å²) in [5.74, 6) is 1.70. The van der Waals surface area contributed by atoms with Crippen LogP contribution >= 0.6 is 0 Å². The fourth-order valence-electron chi connectivity index (χ4n) is 2.45. The Morgan fingerprint density at radius 1 is 1.15 bits per heavy atom. The van der Waals surface area contributed by atoms with Gasteiger partial charge in [-0.2, -0.15) is 4.98 Å². The number of anilines is 1. The summed E-state index contributed by atoms with van der Waals surface area (Å²) in [6.45, 7) is 0.563. The van der Waals surface area contributed by atoms with Gasteiger partial charge in [0.25, 0.3) is 5.89 Å². The summed E-state index contributed by atoms with van der Waals surface area (Å²) >= 11 is 0. The maximum absolute atomic E-state index is 13.8. The molecule has 0 spiro atoms. The maximum atomic E-state index is 13.8. The van der Waals surface area contributed by atoms with Crippen LogP contribution in [0.2, 0.25) is 0 Å². The minimum atomic E-state index is -0.396. The van der Waals surface area contributed by atoms with Crippen LogP contribution in [0, 0.1) is 5.82 Å². The van der Waals surface area contributed by atoms with Crippen LogP contribution < -0.4 is 5.32 Å². The van der Waals surface area contributed by atoms with Crippen molar-refractivity contribution in [3.05, 3.63) is 66.6 Å². The molecule has 130 valence electrons. The number of benzene rings is 1.